The molecule has 0 atom stereocenters. The van der Waals surface area contributed by atoms with Crippen LogP contribution in [0.3, 0.4) is 0 Å². The molecule has 0 amide bonds. The molecule has 42 heavy (non-hydrogen) atoms. The molecule has 0 unspecified atom stereocenters. The fraction of sp³-hybridized carbons (Fsp3) is 0.350. The zero-order chi connectivity index (χ0) is 32.9. The van der Waals surface area contributed by atoms with Crippen molar-refractivity contribution in [2.24, 2.45) is 0 Å². The smallest absolute Gasteiger partial charge is 0.368 e. The lowest BCUT2D eigenvalue weighted by Crippen LogP contribution is -2.28. The Labute approximate surface area is 244 Å². The second kappa shape index (κ2) is 16.8. The lowest BCUT2D eigenvalue weighted by atomic mass is 10.1. The van der Waals surface area contributed by atoms with E-state index in [1.807, 2.05) is 27.7 Å². The first-order valence-corrected chi connectivity index (χ1v) is 17.4. The van der Waals surface area contributed by atoms with Gasteiger partial charge in [0.2, 0.25) is 27.9 Å². The van der Waals surface area contributed by atoms with Gasteiger partial charge in [-0.05, 0) is 29.7 Å². The molecule has 0 aliphatic rings. The summed E-state index contributed by atoms with van der Waals surface area (Å²) in [5, 5.41) is 5.51. The van der Waals surface area contributed by atoms with Gasteiger partial charge >= 0.3 is 10.6 Å². The predicted molar refractivity (Wildman–Crippen MR) is 155 cm³/mol. The summed E-state index contributed by atoms with van der Waals surface area (Å²) in [5.41, 5.74) is 5.76. The first-order valence-electron chi connectivity index (χ1n) is 11.6. The summed E-state index contributed by atoms with van der Waals surface area (Å²) in [6.45, 7) is 8.16. The van der Waals surface area contributed by atoms with Crippen LogP contribution >= 0.6 is 0 Å². The van der Waals surface area contributed by atoms with Crippen molar-refractivity contribution < 1.29 is 47.0 Å². The molecule has 0 aliphatic carbocycles. The molecule has 7 N–H and O–H groups in total. The van der Waals surface area contributed by atoms with Crippen LogP contribution in [0.4, 0.5) is 23.5 Å². The average molecular weight is 674 g/mol. The number of aromatic nitrogens is 3. The molecule has 0 fully saturated rings. The third-order valence-corrected chi connectivity index (χ3v) is 6.62. The number of anilines is 4. The highest BCUT2D eigenvalue weighted by Gasteiger charge is 2.19. The van der Waals surface area contributed by atoms with Crippen molar-refractivity contribution in [2.45, 2.75) is 37.5 Å². The Morgan fingerprint density at radius 2 is 1.36 bits per heavy atom. The standard InChI is InChI=1S/C16H19N7O8S3.2C2H6.O3S/c1-32(24,25)19-5-4-18-15-21-14(17)22-16(23-15)20-10-6-9-2-3-11(33(26,27)28)8-12(9)13(7-10)34(29,30)31;2*1-2;1-4(2)3/h2-3,6-8,19H,4-5H2,1H3,(H,26,27,28)(H,29,30,31)(H4,17,18,20,21,22,23);2*1-2H3;. The van der Waals surface area contributed by atoms with Crippen molar-refractivity contribution in [1.29, 1.82) is 0 Å². The average Bonchev–Trinajstić information content (AvgIpc) is 2.86. The number of rotatable bonds is 9. The van der Waals surface area contributed by atoms with E-state index >= 15 is 0 Å². The van der Waals surface area contributed by atoms with Crippen LogP contribution in [0.1, 0.15) is 27.7 Å². The Kier molecular flexibility index (Phi) is 15.4. The first kappa shape index (κ1) is 38.5. The van der Waals surface area contributed by atoms with E-state index in [1.54, 1.807) is 0 Å². The minimum Gasteiger partial charge on any atom is -0.368 e. The van der Waals surface area contributed by atoms with Gasteiger partial charge < -0.3 is 16.4 Å². The summed E-state index contributed by atoms with van der Waals surface area (Å²) in [7, 11) is -15.9. The van der Waals surface area contributed by atoms with Crippen molar-refractivity contribution in [1.82, 2.24) is 19.7 Å². The Bertz CT molecular complexity index is 1790. The Morgan fingerprint density at radius 3 is 1.86 bits per heavy atom. The maximum absolute atomic E-state index is 11.9. The summed E-state index contributed by atoms with van der Waals surface area (Å²) in [5.74, 6) is -0.315. The molecule has 0 spiro atoms. The van der Waals surface area contributed by atoms with Crippen LogP contribution in [0, 0.1) is 0 Å². The van der Waals surface area contributed by atoms with E-state index in [9.17, 15) is 34.4 Å². The number of hydrogen-bond acceptors (Lipinski definition) is 15. The molecular weight excluding hydrogens is 643 g/mol. The molecule has 3 rings (SSSR count). The van der Waals surface area contributed by atoms with Gasteiger partial charge in [0.05, 0.1) is 11.2 Å². The molecule has 0 bridgehead atoms. The van der Waals surface area contributed by atoms with Gasteiger partial charge in [-0.25, -0.2) is 13.1 Å². The number of nitrogen functional groups attached to an aromatic ring is 1. The van der Waals surface area contributed by atoms with Gasteiger partial charge in [-0.15, -0.1) is 12.6 Å². The molecule has 22 heteroatoms. The van der Waals surface area contributed by atoms with Crippen molar-refractivity contribution in [3.63, 3.8) is 0 Å². The molecule has 1 aromatic heterocycles. The van der Waals surface area contributed by atoms with Gasteiger partial charge in [0, 0.05) is 24.2 Å². The molecule has 0 aliphatic heterocycles. The van der Waals surface area contributed by atoms with E-state index in [-0.39, 0.29) is 47.4 Å². The van der Waals surface area contributed by atoms with E-state index in [0.717, 1.165) is 24.5 Å². The van der Waals surface area contributed by atoms with Gasteiger partial charge in [-0.1, -0.05) is 33.8 Å². The maximum Gasteiger partial charge on any atom is 0.425 e. The van der Waals surface area contributed by atoms with Gasteiger partial charge in [-0.2, -0.15) is 31.8 Å². The predicted octanol–water partition coefficient (Wildman–Crippen LogP) is 0.853. The van der Waals surface area contributed by atoms with Crippen LogP contribution in [0.25, 0.3) is 10.8 Å². The van der Waals surface area contributed by atoms with Gasteiger partial charge in [0.15, 0.2) is 0 Å². The normalized spacial score (nSPS) is 11.0. The Morgan fingerprint density at radius 1 is 0.810 bits per heavy atom. The van der Waals surface area contributed by atoms with Crippen LogP contribution in [-0.4, -0.2) is 81.3 Å². The molecule has 0 radical (unpaired) electrons. The minimum absolute atomic E-state index is 0.00103. The van der Waals surface area contributed by atoms with Crippen LogP contribution in [0.5, 0.6) is 0 Å². The summed E-state index contributed by atoms with van der Waals surface area (Å²) in [4.78, 5) is 10.6. The molecule has 0 saturated carbocycles. The highest BCUT2D eigenvalue weighted by atomic mass is 32.2. The second-order valence-electron chi connectivity index (χ2n) is 7.07. The lowest BCUT2D eigenvalue weighted by molar-refractivity contribution is 0.480. The minimum atomic E-state index is -4.81. The topological polar surface area (TPSA) is 295 Å². The van der Waals surface area contributed by atoms with E-state index in [0.29, 0.717) is 0 Å². The number of nitrogens with one attached hydrogen (secondary N) is 3. The monoisotopic (exact) mass is 673 g/mol. The number of sulfonamides is 1. The number of nitrogens with two attached hydrogens (primary N) is 1. The number of benzene rings is 2. The fourth-order valence-electron chi connectivity index (χ4n) is 2.82. The van der Waals surface area contributed by atoms with E-state index < -0.39 is 50.7 Å². The van der Waals surface area contributed by atoms with Crippen molar-refractivity contribution in [3.05, 3.63) is 30.3 Å². The Hall–Kier alpha value is -3.54. The summed E-state index contributed by atoms with van der Waals surface area (Å²) >= 11 is 0. The molecule has 18 nitrogen and oxygen atoms in total. The summed E-state index contributed by atoms with van der Waals surface area (Å²) < 4.78 is 115. The molecule has 1 heterocycles. The van der Waals surface area contributed by atoms with Crippen LogP contribution < -0.4 is 21.1 Å². The summed E-state index contributed by atoms with van der Waals surface area (Å²) in [6.07, 6.45) is 1.00. The van der Waals surface area contributed by atoms with Crippen LogP contribution in [0.15, 0.2) is 40.1 Å². The van der Waals surface area contributed by atoms with Gasteiger partial charge in [0.25, 0.3) is 20.2 Å². The van der Waals surface area contributed by atoms with Crippen LogP contribution in [0.2, 0.25) is 0 Å². The molecule has 0 saturated heterocycles. The lowest BCUT2D eigenvalue weighted by Gasteiger charge is -2.12. The van der Waals surface area contributed by atoms with Crippen molar-refractivity contribution >= 4 is 75.2 Å². The molecule has 236 valence electrons. The second-order valence-corrected chi connectivity index (χ2v) is 12.1. The quantitative estimate of drug-likeness (QED) is 0.135. The van der Waals surface area contributed by atoms with E-state index in [2.05, 4.69) is 30.3 Å². The van der Waals surface area contributed by atoms with Gasteiger partial charge in [-0.3, -0.25) is 9.11 Å². The fourth-order valence-corrected chi connectivity index (χ4v) is 4.53. The Balaban J connectivity index is 0.00000190. The van der Waals surface area contributed by atoms with E-state index in [4.69, 9.17) is 18.4 Å². The zero-order valence-corrected chi connectivity index (χ0v) is 26.2. The molecule has 2 aromatic carbocycles. The zero-order valence-electron chi connectivity index (χ0n) is 22.9. The van der Waals surface area contributed by atoms with Crippen molar-refractivity contribution in [2.75, 3.05) is 35.7 Å². The van der Waals surface area contributed by atoms with Crippen molar-refractivity contribution in [3.8, 4) is 0 Å². The number of nitrogens with zero attached hydrogens (tertiary/aromatic N) is 3. The number of hydrogen-bond donors (Lipinski definition) is 6. The van der Waals surface area contributed by atoms with Gasteiger partial charge in [0.1, 0.15) is 4.90 Å². The third-order valence-electron chi connectivity index (χ3n) is 4.14. The highest BCUT2D eigenvalue weighted by molar-refractivity contribution is 7.88. The SMILES string of the molecule is CC.CC.CS(=O)(=O)NCCNc1nc(N)nc(Nc2cc(S(=O)(=O)O)c3cc(S(=O)(=O)O)ccc3c2)n1.O=S(=O)=O. The first-order chi connectivity index (χ1) is 19.3. The number of fused-ring (bicyclic) bond motifs is 1. The van der Waals surface area contributed by atoms with E-state index in [1.165, 1.54) is 12.1 Å². The summed E-state index contributed by atoms with van der Waals surface area (Å²) in [6, 6.07) is 5.63. The molecule has 3 aromatic rings. The van der Waals surface area contributed by atoms with Crippen LogP contribution in [-0.2, 0) is 40.9 Å². The molecular formula is C20H31N7O11S4. The largest absolute Gasteiger partial charge is 0.425 e. The third kappa shape index (κ3) is 13.9. The maximum atomic E-state index is 11.9. The highest BCUT2D eigenvalue weighted by Crippen LogP contribution is 2.30.